The van der Waals surface area contributed by atoms with E-state index in [1.165, 1.54) is 0 Å². The zero-order valence-electron chi connectivity index (χ0n) is 16.8. The van der Waals surface area contributed by atoms with Crippen molar-refractivity contribution in [1.82, 2.24) is 15.5 Å². The molecule has 2 aromatic heterocycles. The molecule has 0 saturated heterocycles. The molecule has 1 atom stereocenters. The van der Waals surface area contributed by atoms with Crippen molar-refractivity contribution in [2.24, 2.45) is 0 Å². The molecule has 29 heavy (non-hydrogen) atoms. The number of nitrogens with zero attached hydrogens (tertiary/aromatic N) is 2. The molecule has 1 amide bonds. The Labute approximate surface area is 174 Å². The Bertz CT molecular complexity index is 895. The second-order valence-corrected chi connectivity index (χ2v) is 7.69. The Balaban J connectivity index is 1.50. The van der Waals surface area contributed by atoms with E-state index in [0.29, 0.717) is 31.4 Å². The predicted octanol–water partition coefficient (Wildman–Crippen LogP) is 1.96. The maximum atomic E-state index is 12.4. The van der Waals surface area contributed by atoms with Gasteiger partial charge < -0.3 is 19.4 Å². The van der Waals surface area contributed by atoms with E-state index in [1.54, 1.807) is 18.4 Å². The number of ether oxygens (including phenoxy) is 1. The molecule has 0 bridgehead atoms. The molecule has 7 nitrogen and oxygen atoms in total. The Morgan fingerprint density at radius 2 is 2.10 bits per heavy atom. The van der Waals surface area contributed by atoms with E-state index >= 15 is 0 Å². The molecule has 0 saturated carbocycles. The van der Waals surface area contributed by atoms with Crippen molar-refractivity contribution < 1.29 is 18.8 Å². The first-order valence-electron chi connectivity index (χ1n) is 9.78. The quantitative estimate of drug-likeness (QED) is 0.500. The van der Waals surface area contributed by atoms with Gasteiger partial charge in [-0.3, -0.25) is 4.79 Å². The van der Waals surface area contributed by atoms with Gasteiger partial charge in [-0.1, -0.05) is 31.2 Å². The number of hydrogen-bond donors (Lipinski definition) is 2. The molecule has 3 rings (SSSR count). The fourth-order valence-corrected chi connectivity index (χ4v) is 3.81. The molecule has 0 aliphatic heterocycles. The van der Waals surface area contributed by atoms with Crippen molar-refractivity contribution in [3.8, 4) is 16.5 Å². The number of methoxy groups -OCH3 is 1. The molecule has 2 heterocycles. The molecule has 0 aliphatic carbocycles. The summed E-state index contributed by atoms with van der Waals surface area (Å²) < 4.78 is 11.1. The predicted molar refractivity (Wildman–Crippen MR) is 112 cm³/mol. The summed E-state index contributed by atoms with van der Waals surface area (Å²) in [5.41, 5.74) is 1.08. The van der Waals surface area contributed by atoms with Crippen LogP contribution in [-0.2, 0) is 17.8 Å². The summed E-state index contributed by atoms with van der Waals surface area (Å²) in [5, 5.41) is 13.2. The average molecular weight is 416 g/mol. The van der Waals surface area contributed by atoms with Gasteiger partial charge in [-0.15, -0.1) is 21.5 Å². The van der Waals surface area contributed by atoms with Crippen LogP contribution in [0.3, 0.4) is 0 Å². The van der Waals surface area contributed by atoms with Crippen LogP contribution in [0.25, 0.3) is 10.8 Å². The molecule has 0 fully saturated rings. The highest BCUT2D eigenvalue weighted by molar-refractivity contribution is 7.13. The Hall–Kier alpha value is -2.71. The Morgan fingerprint density at radius 1 is 1.24 bits per heavy atom. The van der Waals surface area contributed by atoms with Crippen LogP contribution in [0, 0.1) is 0 Å². The van der Waals surface area contributed by atoms with Gasteiger partial charge in [-0.25, -0.2) is 0 Å². The second kappa shape index (κ2) is 10.7. The third kappa shape index (κ3) is 6.13. The number of para-hydroxylation sites is 1. The number of aromatic nitrogens is 2. The molecule has 0 radical (unpaired) electrons. The minimum Gasteiger partial charge on any atom is -0.496 e. The van der Waals surface area contributed by atoms with Gasteiger partial charge in [-0.05, 0) is 35.9 Å². The molecule has 8 heteroatoms. The van der Waals surface area contributed by atoms with Crippen LogP contribution in [0.4, 0.5) is 0 Å². The first-order valence-corrected chi connectivity index (χ1v) is 10.7. The number of carbonyl (C=O) groups is 1. The maximum absolute atomic E-state index is 12.4. The summed E-state index contributed by atoms with van der Waals surface area (Å²) in [6.07, 6.45) is 1.70. The van der Waals surface area contributed by atoms with Gasteiger partial charge in [0.15, 0.2) is 13.1 Å². The SMILES string of the molecule is CCC[NH+](CC(=O)NCCc1ccccc1OC)Cc1nnc(-c2cccs2)o1. The molecule has 0 spiro atoms. The smallest absolute Gasteiger partial charge is 0.275 e. The van der Waals surface area contributed by atoms with Crippen LogP contribution in [0.5, 0.6) is 5.75 Å². The molecule has 1 aromatic carbocycles. The highest BCUT2D eigenvalue weighted by Gasteiger charge is 2.18. The molecule has 0 aliphatic rings. The van der Waals surface area contributed by atoms with Crippen molar-refractivity contribution in [1.29, 1.82) is 0 Å². The minimum atomic E-state index is 0.0151. The van der Waals surface area contributed by atoms with Crippen LogP contribution in [0.1, 0.15) is 24.8 Å². The van der Waals surface area contributed by atoms with E-state index in [2.05, 4.69) is 22.4 Å². The van der Waals surface area contributed by atoms with Crippen LogP contribution in [-0.4, -0.2) is 42.8 Å². The molecule has 2 N–H and O–H groups in total. The topological polar surface area (TPSA) is 81.7 Å². The number of thiophene rings is 1. The third-order valence-electron chi connectivity index (χ3n) is 4.52. The summed E-state index contributed by atoms with van der Waals surface area (Å²) in [6, 6.07) is 11.8. The first kappa shape index (κ1) is 21.0. The summed E-state index contributed by atoms with van der Waals surface area (Å²) in [5.74, 6) is 1.95. The standard InChI is InChI=1S/C21H26N4O3S/c1-3-12-25(15-20-23-24-21(28-20)18-9-6-13-29-18)14-19(26)22-11-10-16-7-4-5-8-17(16)27-2/h4-9,13H,3,10-12,14-15H2,1-2H3,(H,22,26)/p+1. The van der Waals surface area contributed by atoms with E-state index in [-0.39, 0.29) is 5.91 Å². The van der Waals surface area contributed by atoms with Crippen molar-refractivity contribution in [2.45, 2.75) is 26.3 Å². The summed E-state index contributed by atoms with van der Waals surface area (Å²) in [6.45, 7) is 4.44. The van der Waals surface area contributed by atoms with E-state index in [0.717, 1.165) is 40.5 Å². The lowest BCUT2D eigenvalue weighted by Gasteiger charge is -2.16. The number of hydrogen-bond acceptors (Lipinski definition) is 6. The monoisotopic (exact) mass is 415 g/mol. The van der Waals surface area contributed by atoms with Crippen LogP contribution in [0.15, 0.2) is 46.2 Å². The number of rotatable bonds is 11. The van der Waals surface area contributed by atoms with Crippen molar-refractivity contribution >= 4 is 17.2 Å². The Morgan fingerprint density at radius 3 is 2.86 bits per heavy atom. The van der Waals surface area contributed by atoms with Crippen LogP contribution >= 0.6 is 11.3 Å². The van der Waals surface area contributed by atoms with Crippen molar-refractivity contribution in [3.63, 3.8) is 0 Å². The number of carbonyl (C=O) groups excluding carboxylic acids is 1. The minimum absolute atomic E-state index is 0.0151. The fourth-order valence-electron chi connectivity index (χ4n) is 3.17. The lowest BCUT2D eigenvalue weighted by atomic mass is 10.1. The van der Waals surface area contributed by atoms with Crippen molar-refractivity contribution in [2.75, 3.05) is 26.7 Å². The lowest BCUT2D eigenvalue weighted by molar-refractivity contribution is -0.907. The van der Waals surface area contributed by atoms with E-state index in [1.807, 2.05) is 41.8 Å². The summed E-state index contributed by atoms with van der Waals surface area (Å²) in [4.78, 5) is 14.5. The largest absolute Gasteiger partial charge is 0.496 e. The lowest BCUT2D eigenvalue weighted by Crippen LogP contribution is -3.12. The van der Waals surface area contributed by atoms with Gasteiger partial charge in [0, 0.05) is 6.54 Å². The van der Waals surface area contributed by atoms with Crippen LogP contribution in [0.2, 0.25) is 0 Å². The summed E-state index contributed by atoms with van der Waals surface area (Å²) in [7, 11) is 1.66. The normalized spacial score (nSPS) is 11.9. The number of benzene rings is 1. The van der Waals surface area contributed by atoms with Gasteiger partial charge >= 0.3 is 0 Å². The highest BCUT2D eigenvalue weighted by Crippen LogP contribution is 2.22. The van der Waals surface area contributed by atoms with Gasteiger partial charge in [0.25, 0.3) is 17.7 Å². The molecule has 3 aromatic rings. The zero-order chi connectivity index (χ0) is 20.5. The molecular weight excluding hydrogens is 388 g/mol. The van der Waals surface area contributed by atoms with E-state index < -0.39 is 0 Å². The highest BCUT2D eigenvalue weighted by atomic mass is 32.1. The molecule has 154 valence electrons. The van der Waals surface area contributed by atoms with Gasteiger partial charge in [0.2, 0.25) is 0 Å². The number of nitrogens with one attached hydrogen (secondary N) is 2. The number of amides is 1. The fraction of sp³-hybridized carbons (Fsp3) is 0.381. The van der Waals surface area contributed by atoms with E-state index in [9.17, 15) is 4.79 Å². The molecule has 1 unspecified atom stereocenters. The second-order valence-electron chi connectivity index (χ2n) is 6.74. The van der Waals surface area contributed by atoms with Crippen LogP contribution < -0.4 is 15.0 Å². The van der Waals surface area contributed by atoms with Gasteiger partial charge in [-0.2, -0.15) is 0 Å². The van der Waals surface area contributed by atoms with E-state index in [4.69, 9.17) is 9.15 Å². The maximum Gasteiger partial charge on any atom is 0.275 e. The van der Waals surface area contributed by atoms with Gasteiger partial charge in [0.1, 0.15) is 5.75 Å². The first-order chi connectivity index (χ1) is 14.2. The van der Waals surface area contributed by atoms with Gasteiger partial charge in [0.05, 0.1) is 18.5 Å². The van der Waals surface area contributed by atoms with Crippen molar-refractivity contribution in [3.05, 3.63) is 53.2 Å². The Kier molecular flexibility index (Phi) is 7.77. The molecular formula is C21H27N4O3S+. The summed E-state index contributed by atoms with van der Waals surface area (Å²) >= 11 is 1.56. The zero-order valence-corrected chi connectivity index (χ0v) is 17.6. The number of quaternary nitrogens is 1. The average Bonchev–Trinajstić information content (AvgIpc) is 3.40. The third-order valence-corrected chi connectivity index (χ3v) is 5.38.